The first-order valence-corrected chi connectivity index (χ1v) is 10.7. The number of hydrogen-bond acceptors (Lipinski definition) is 2. The van der Waals surface area contributed by atoms with E-state index in [2.05, 4.69) is 51.2 Å². The molecule has 24 heavy (non-hydrogen) atoms. The van der Waals surface area contributed by atoms with Crippen molar-refractivity contribution in [2.75, 3.05) is 19.3 Å². The Kier molecular flexibility index (Phi) is 15.3. The van der Waals surface area contributed by atoms with Gasteiger partial charge in [-0.15, -0.1) is 0 Å². The van der Waals surface area contributed by atoms with E-state index in [1.54, 1.807) is 0 Å². The smallest absolute Gasteiger partial charge is 0.0428 e. The van der Waals surface area contributed by atoms with Gasteiger partial charge in [-0.2, -0.15) is 0 Å². The molecular weight excluding hydrogens is 308 g/mol. The van der Waals surface area contributed by atoms with Crippen LogP contribution in [0.2, 0.25) is 0 Å². The van der Waals surface area contributed by atoms with Crippen LogP contribution in [0, 0.1) is 0 Å². The molecule has 0 heterocycles. The molecule has 1 rings (SSSR count). The van der Waals surface area contributed by atoms with Crippen molar-refractivity contribution in [2.24, 2.45) is 0 Å². The summed E-state index contributed by atoms with van der Waals surface area (Å²) in [7, 11) is 3.43. The molecule has 0 aliphatic carbocycles. The summed E-state index contributed by atoms with van der Waals surface area (Å²) in [6, 6.07) is 10.7. The van der Waals surface area contributed by atoms with Crippen molar-refractivity contribution < 1.29 is 0 Å². The lowest BCUT2D eigenvalue weighted by Gasteiger charge is -2.05. The highest BCUT2D eigenvalue weighted by molar-refractivity contribution is 6.08. The summed E-state index contributed by atoms with van der Waals surface area (Å²) in [4.78, 5) is 0. The van der Waals surface area contributed by atoms with Gasteiger partial charge in [0.2, 0.25) is 0 Å². The SMILES string of the molecule is [Si]CNCCCCCCCCCCCCCNCc1ccccc1. The van der Waals surface area contributed by atoms with Crippen LogP contribution in [0.5, 0.6) is 0 Å². The first-order valence-electron chi connectivity index (χ1n) is 10.0. The van der Waals surface area contributed by atoms with Crippen molar-refractivity contribution in [1.29, 1.82) is 0 Å². The molecule has 0 aliphatic rings. The summed E-state index contributed by atoms with van der Waals surface area (Å²) in [6.45, 7) is 3.31. The van der Waals surface area contributed by atoms with Crippen LogP contribution < -0.4 is 10.6 Å². The fourth-order valence-electron chi connectivity index (χ4n) is 3.01. The van der Waals surface area contributed by atoms with Crippen LogP contribution in [0.15, 0.2) is 30.3 Å². The minimum atomic E-state index is 0.920. The number of benzene rings is 1. The normalized spacial score (nSPS) is 11.0. The molecule has 0 fully saturated rings. The minimum absolute atomic E-state index is 0.920. The molecule has 3 heteroatoms. The molecule has 0 amide bonds. The molecule has 1 aromatic carbocycles. The highest BCUT2D eigenvalue weighted by Gasteiger charge is 1.94. The van der Waals surface area contributed by atoms with E-state index in [4.69, 9.17) is 0 Å². The summed E-state index contributed by atoms with van der Waals surface area (Å²) in [5.41, 5.74) is 1.39. The van der Waals surface area contributed by atoms with E-state index in [-0.39, 0.29) is 0 Å². The molecule has 0 bridgehead atoms. The standard InChI is InChI=1S/C21H37N2Si/c24-20-23-18-14-9-7-5-3-1-2-4-6-8-13-17-22-19-21-15-11-10-12-16-21/h10-12,15-16,22-23H,1-9,13-14,17-20H2. The molecular formula is C21H37N2Si. The zero-order valence-electron chi connectivity index (χ0n) is 15.5. The first kappa shape index (κ1) is 21.4. The summed E-state index contributed by atoms with van der Waals surface area (Å²) < 4.78 is 0. The Hall–Kier alpha value is -0.643. The van der Waals surface area contributed by atoms with Crippen LogP contribution in [0.25, 0.3) is 0 Å². The van der Waals surface area contributed by atoms with Crippen LogP contribution in [-0.2, 0) is 6.54 Å². The van der Waals surface area contributed by atoms with Crippen LogP contribution in [0.3, 0.4) is 0 Å². The largest absolute Gasteiger partial charge is 0.320 e. The van der Waals surface area contributed by atoms with Crippen LogP contribution in [0.1, 0.15) is 76.2 Å². The molecule has 0 unspecified atom stereocenters. The average Bonchev–Trinajstić information content (AvgIpc) is 2.62. The molecule has 0 spiro atoms. The fourth-order valence-corrected chi connectivity index (χ4v) is 3.18. The van der Waals surface area contributed by atoms with Crippen LogP contribution in [0.4, 0.5) is 0 Å². The third kappa shape index (κ3) is 13.8. The molecule has 2 nitrogen and oxygen atoms in total. The Balaban J connectivity index is 1.70. The Morgan fingerprint density at radius 3 is 1.54 bits per heavy atom. The van der Waals surface area contributed by atoms with E-state index in [1.807, 2.05) is 0 Å². The second kappa shape index (κ2) is 17.2. The topological polar surface area (TPSA) is 24.1 Å². The zero-order valence-corrected chi connectivity index (χ0v) is 16.5. The van der Waals surface area contributed by atoms with E-state index in [1.165, 1.54) is 76.2 Å². The van der Waals surface area contributed by atoms with Gasteiger partial charge in [0.05, 0.1) is 0 Å². The molecule has 0 aliphatic heterocycles. The van der Waals surface area contributed by atoms with Gasteiger partial charge in [-0.05, 0) is 37.7 Å². The van der Waals surface area contributed by atoms with Gasteiger partial charge in [-0.25, -0.2) is 0 Å². The maximum atomic E-state index is 3.54. The van der Waals surface area contributed by atoms with E-state index in [0.29, 0.717) is 0 Å². The first-order chi connectivity index (χ1) is 11.9. The van der Waals surface area contributed by atoms with Gasteiger partial charge in [0, 0.05) is 16.8 Å². The van der Waals surface area contributed by atoms with Gasteiger partial charge in [-0.1, -0.05) is 88.1 Å². The Bertz CT molecular complexity index is 356. The summed E-state index contributed by atoms with van der Waals surface area (Å²) in [5, 5.41) is 6.85. The molecule has 1 aromatic rings. The second-order valence-corrected chi connectivity index (χ2v) is 7.08. The molecule has 0 atom stereocenters. The van der Waals surface area contributed by atoms with E-state index in [0.717, 1.165) is 25.8 Å². The predicted molar refractivity (Wildman–Crippen MR) is 108 cm³/mol. The van der Waals surface area contributed by atoms with Crippen LogP contribution >= 0.6 is 0 Å². The summed E-state index contributed by atoms with van der Waals surface area (Å²) in [5.74, 6) is 0. The van der Waals surface area contributed by atoms with E-state index >= 15 is 0 Å². The third-order valence-electron chi connectivity index (χ3n) is 4.50. The lowest BCUT2D eigenvalue weighted by molar-refractivity contribution is 0.533. The lowest BCUT2D eigenvalue weighted by Crippen LogP contribution is -2.16. The second-order valence-electron chi connectivity index (χ2n) is 6.73. The number of nitrogens with one attached hydrogen (secondary N) is 2. The predicted octanol–water partition coefficient (Wildman–Crippen LogP) is 4.78. The number of unbranched alkanes of at least 4 members (excludes halogenated alkanes) is 10. The summed E-state index contributed by atoms with van der Waals surface area (Å²) in [6.07, 6.45) is 16.3. The van der Waals surface area contributed by atoms with Gasteiger partial charge >= 0.3 is 0 Å². The molecule has 0 saturated heterocycles. The fraction of sp³-hybridized carbons (Fsp3) is 0.714. The van der Waals surface area contributed by atoms with Crippen molar-refractivity contribution >= 4 is 10.2 Å². The van der Waals surface area contributed by atoms with Gasteiger partial charge in [0.1, 0.15) is 0 Å². The van der Waals surface area contributed by atoms with Crippen molar-refractivity contribution in [3.63, 3.8) is 0 Å². The summed E-state index contributed by atoms with van der Waals surface area (Å²) >= 11 is 0. The molecule has 0 saturated carbocycles. The highest BCUT2D eigenvalue weighted by atomic mass is 28.1. The van der Waals surface area contributed by atoms with Crippen molar-refractivity contribution in [1.82, 2.24) is 10.6 Å². The lowest BCUT2D eigenvalue weighted by atomic mass is 10.1. The van der Waals surface area contributed by atoms with Crippen molar-refractivity contribution in [3.8, 4) is 0 Å². The average molecular weight is 346 g/mol. The number of rotatable bonds is 17. The Labute approximate surface area is 153 Å². The van der Waals surface area contributed by atoms with E-state index in [9.17, 15) is 0 Å². The maximum absolute atomic E-state index is 3.54. The molecule has 135 valence electrons. The van der Waals surface area contributed by atoms with E-state index < -0.39 is 0 Å². The highest BCUT2D eigenvalue weighted by Crippen LogP contribution is 2.11. The van der Waals surface area contributed by atoms with Gasteiger partial charge in [0.25, 0.3) is 0 Å². The Morgan fingerprint density at radius 1 is 0.583 bits per heavy atom. The van der Waals surface area contributed by atoms with Crippen molar-refractivity contribution in [3.05, 3.63) is 35.9 Å². The van der Waals surface area contributed by atoms with Crippen LogP contribution in [-0.4, -0.2) is 29.5 Å². The quantitative estimate of drug-likeness (QED) is 0.313. The van der Waals surface area contributed by atoms with Gasteiger partial charge in [0.15, 0.2) is 0 Å². The zero-order chi connectivity index (χ0) is 17.1. The van der Waals surface area contributed by atoms with Crippen molar-refractivity contribution in [2.45, 2.75) is 77.2 Å². The Morgan fingerprint density at radius 2 is 1.04 bits per heavy atom. The maximum Gasteiger partial charge on any atom is 0.0428 e. The monoisotopic (exact) mass is 345 g/mol. The molecule has 0 aromatic heterocycles. The number of hydrogen-bond donors (Lipinski definition) is 2. The van der Waals surface area contributed by atoms with Gasteiger partial charge in [-0.3, -0.25) is 0 Å². The third-order valence-corrected chi connectivity index (χ3v) is 4.75. The molecule has 3 radical (unpaired) electrons. The van der Waals surface area contributed by atoms with Gasteiger partial charge < -0.3 is 10.6 Å². The molecule has 2 N–H and O–H groups in total. The minimum Gasteiger partial charge on any atom is -0.320 e.